The summed E-state index contributed by atoms with van der Waals surface area (Å²) < 4.78 is 0. The monoisotopic (exact) mass is 211 g/mol. The molecular formula is C12H25N3. The van der Waals surface area contributed by atoms with Crippen molar-refractivity contribution >= 4 is 0 Å². The third kappa shape index (κ3) is 2.52. The van der Waals surface area contributed by atoms with Crippen LogP contribution in [0, 0.1) is 0 Å². The Kier molecular flexibility index (Phi) is 3.33. The minimum Gasteiger partial charge on any atom is -0.324 e. The van der Waals surface area contributed by atoms with Gasteiger partial charge in [0.1, 0.15) is 0 Å². The Labute approximate surface area is 93.6 Å². The summed E-state index contributed by atoms with van der Waals surface area (Å²) in [7, 11) is 2.24. The number of nitrogens with zero attached hydrogens (tertiary/aromatic N) is 2. The second-order valence-electron chi connectivity index (χ2n) is 5.49. The highest BCUT2D eigenvalue weighted by Crippen LogP contribution is 2.30. The van der Waals surface area contributed by atoms with Crippen molar-refractivity contribution in [2.45, 2.75) is 44.2 Å². The van der Waals surface area contributed by atoms with E-state index in [4.69, 9.17) is 5.73 Å². The van der Waals surface area contributed by atoms with Crippen molar-refractivity contribution in [2.75, 3.05) is 33.2 Å². The lowest BCUT2D eigenvalue weighted by Gasteiger charge is -2.46. The van der Waals surface area contributed by atoms with Gasteiger partial charge in [-0.2, -0.15) is 0 Å². The first-order valence-electron chi connectivity index (χ1n) is 6.34. The average molecular weight is 211 g/mol. The Morgan fingerprint density at radius 2 is 2.07 bits per heavy atom. The Morgan fingerprint density at radius 3 is 2.60 bits per heavy atom. The maximum atomic E-state index is 6.30. The lowest BCUT2D eigenvalue weighted by atomic mass is 9.77. The van der Waals surface area contributed by atoms with E-state index in [1.165, 1.54) is 45.3 Å². The molecule has 1 aliphatic carbocycles. The number of hydrogen-bond donors (Lipinski definition) is 1. The van der Waals surface area contributed by atoms with Crippen LogP contribution in [0.3, 0.4) is 0 Å². The molecule has 0 amide bonds. The SMILES string of the molecule is CCC1CN(CC2(N)CCC2)CCN1C. The highest BCUT2D eigenvalue weighted by atomic mass is 15.3. The fraction of sp³-hybridized carbons (Fsp3) is 1.00. The summed E-state index contributed by atoms with van der Waals surface area (Å²) >= 11 is 0. The van der Waals surface area contributed by atoms with Crippen LogP contribution in [-0.2, 0) is 0 Å². The lowest BCUT2D eigenvalue weighted by Crippen LogP contribution is -2.60. The fourth-order valence-electron chi connectivity index (χ4n) is 2.83. The third-order valence-corrected chi connectivity index (χ3v) is 4.22. The molecule has 1 atom stereocenters. The van der Waals surface area contributed by atoms with Gasteiger partial charge in [-0.25, -0.2) is 0 Å². The molecule has 15 heavy (non-hydrogen) atoms. The highest BCUT2D eigenvalue weighted by Gasteiger charge is 2.35. The van der Waals surface area contributed by atoms with Crippen molar-refractivity contribution in [1.82, 2.24) is 9.80 Å². The van der Waals surface area contributed by atoms with Gasteiger partial charge in [0.15, 0.2) is 0 Å². The van der Waals surface area contributed by atoms with Crippen LogP contribution >= 0.6 is 0 Å². The van der Waals surface area contributed by atoms with Crippen molar-refractivity contribution in [3.63, 3.8) is 0 Å². The summed E-state index contributed by atoms with van der Waals surface area (Å²) in [5.41, 5.74) is 6.46. The van der Waals surface area contributed by atoms with E-state index in [0.717, 1.165) is 12.6 Å². The van der Waals surface area contributed by atoms with Gasteiger partial charge in [0.05, 0.1) is 0 Å². The summed E-state index contributed by atoms with van der Waals surface area (Å²) in [6.07, 6.45) is 5.05. The van der Waals surface area contributed by atoms with Gasteiger partial charge in [-0.05, 0) is 32.7 Å². The number of likely N-dealkylation sites (N-methyl/N-ethyl adjacent to an activating group) is 1. The molecule has 1 aliphatic heterocycles. The number of rotatable bonds is 3. The Hall–Kier alpha value is -0.120. The summed E-state index contributed by atoms with van der Waals surface area (Å²) in [6, 6.07) is 0.738. The van der Waals surface area contributed by atoms with Gasteiger partial charge in [-0.3, -0.25) is 4.90 Å². The lowest BCUT2D eigenvalue weighted by molar-refractivity contribution is 0.0591. The molecule has 1 heterocycles. The first kappa shape index (κ1) is 11.4. The van der Waals surface area contributed by atoms with Crippen LogP contribution in [0.15, 0.2) is 0 Å². The molecule has 1 saturated carbocycles. The van der Waals surface area contributed by atoms with Crippen molar-refractivity contribution in [3.8, 4) is 0 Å². The molecule has 88 valence electrons. The fourth-order valence-corrected chi connectivity index (χ4v) is 2.83. The second kappa shape index (κ2) is 4.40. The number of hydrogen-bond acceptors (Lipinski definition) is 3. The van der Waals surface area contributed by atoms with Crippen LogP contribution in [0.5, 0.6) is 0 Å². The molecule has 2 fully saturated rings. The quantitative estimate of drug-likeness (QED) is 0.752. The maximum absolute atomic E-state index is 6.30. The summed E-state index contributed by atoms with van der Waals surface area (Å²) in [5, 5.41) is 0. The van der Waals surface area contributed by atoms with Gasteiger partial charge in [0, 0.05) is 37.8 Å². The van der Waals surface area contributed by atoms with Crippen LogP contribution < -0.4 is 5.73 Å². The van der Waals surface area contributed by atoms with E-state index in [1.54, 1.807) is 0 Å². The van der Waals surface area contributed by atoms with Gasteiger partial charge in [0.2, 0.25) is 0 Å². The van der Waals surface area contributed by atoms with Gasteiger partial charge >= 0.3 is 0 Å². The van der Waals surface area contributed by atoms with E-state index >= 15 is 0 Å². The maximum Gasteiger partial charge on any atom is 0.0283 e. The minimum atomic E-state index is 0.161. The average Bonchev–Trinajstić information content (AvgIpc) is 2.18. The molecule has 3 nitrogen and oxygen atoms in total. The summed E-state index contributed by atoms with van der Waals surface area (Å²) in [5.74, 6) is 0. The Bertz CT molecular complexity index is 213. The molecule has 2 N–H and O–H groups in total. The van der Waals surface area contributed by atoms with Gasteiger partial charge in [0.25, 0.3) is 0 Å². The zero-order valence-corrected chi connectivity index (χ0v) is 10.2. The molecular weight excluding hydrogens is 186 g/mol. The van der Waals surface area contributed by atoms with Gasteiger partial charge in [-0.1, -0.05) is 6.92 Å². The predicted molar refractivity (Wildman–Crippen MR) is 63.9 cm³/mol. The second-order valence-corrected chi connectivity index (χ2v) is 5.49. The zero-order chi connectivity index (χ0) is 10.9. The Morgan fingerprint density at radius 1 is 1.33 bits per heavy atom. The first-order chi connectivity index (χ1) is 7.13. The van der Waals surface area contributed by atoms with Crippen molar-refractivity contribution in [2.24, 2.45) is 5.73 Å². The number of piperazine rings is 1. The third-order valence-electron chi connectivity index (χ3n) is 4.22. The van der Waals surface area contributed by atoms with E-state index in [9.17, 15) is 0 Å². The summed E-state index contributed by atoms with van der Waals surface area (Å²) in [6.45, 7) is 7.02. The van der Waals surface area contributed by atoms with E-state index < -0.39 is 0 Å². The van der Waals surface area contributed by atoms with E-state index in [-0.39, 0.29) is 5.54 Å². The number of nitrogens with two attached hydrogens (primary N) is 1. The van der Waals surface area contributed by atoms with Crippen LogP contribution in [0.2, 0.25) is 0 Å². The molecule has 2 aliphatic rings. The van der Waals surface area contributed by atoms with Crippen LogP contribution in [0.4, 0.5) is 0 Å². The molecule has 0 bridgehead atoms. The van der Waals surface area contributed by atoms with Crippen molar-refractivity contribution in [1.29, 1.82) is 0 Å². The Balaban J connectivity index is 1.83. The minimum absolute atomic E-state index is 0.161. The van der Waals surface area contributed by atoms with Crippen LogP contribution in [0.25, 0.3) is 0 Å². The molecule has 0 aromatic heterocycles. The first-order valence-corrected chi connectivity index (χ1v) is 6.34. The largest absolute Gasteiger partial charge is 0.324 e. The molecule has 0 aromatic rings. The van der Waals surface area contributed by atoms with E-state index in [0.29, 0.717) is 0 Å². The molecule has 1 unspecified atom stereocenters. The van der Waals surface area contributed by atoms with E-state index in [2.05, 4.69) is 23.8 Å². The molecule has 1 saturated heterocycles. The smallest absolute Gasteiger partial charge is 0.0283 e. The van der Waals surface area contributed by atoms with Crippen molar-refractivity contribution in [3.05, 3.63) is 0 Å². The van der Waals surface area contributed by atoms with E-state index in [1.807, 2.05) is 0 Å². The topological polar surface area (TPSA) is 32.5 Å². The van der Waals surface area contributed by atoms with Gasteiger partial charge in [-0.15, -0.1) is 0 Å². The molecule has 0 aromatic carbocycles. The standard InChI is InChI=1S/C12H25N3/c1-3-11-9-15(8-7-14(11)2)10-12(13)5-4-6-12/h11H,3-10,13H2,1-2H3. The molecule has 2 rings (SSSR count). The van der Waals surface area contributed by atoms with Crippen LogP contribution in [0.1, 0.15) is 32.6 Å². The normalized spacial score (nSPS) is 32.6. The summed E-state index contributed by atoms with van der Waals surface area (Å²) in [4.78, 5) is 5.06. The van der Waals surface area contributed by atoms with Crippen molar-refractivity contribution < 1.29 is 0 Å². The molecule has 3 heteroatoms. The molecule has 0 radical (unpaired) electrons. The highest BCUT2D eigenvalue weighted by molar-refractivity contribution is 4.96. The predicted octanol–water partition coefficient (Wildman–Crippen LogP) is 0.894. The zero-order valence-electron chi connectivity index (χ0n) is 10.2. The molecule has 0 spiro atoms. The van der Waals surface area contributed by atoms with Crippen LogP contribution in [-0.4, -0.2) is 54.6 Å². The van der Waals surface area contributed by atoms with Gasteiger partial charge < -0.3 is 10.6 Å².